The molecule has 98 valence electrons. The van der Waals surface area contributed by atoms with Gasteiger partial charge in [-0.3, -0.25) is 4.79 Å². The monoisotopic (exact) mass is 249 g/mol. The lowest BCUT2D eigenvalue weighted by atomic mass is 10.1. The summed E-state index contributed by atoms with van der Waals surface area (Å²) in [6.45, 7) is 4.54. The number of carbonyl (C=O) groups is 1. The van der Waals surface area contributed by atoms with Gasteiger partial charge in [-0.2, -0.15) is 10.2 Å². The number of aliphatic hydroxyl groups is 1. The number of hydrogen-bond donors (Lipinski definition) is 1. The summed E-state index contributed by atoms with van der Waals surface area (Å²) in [7, 11) is 0. The van der Waals surface area contributed by atoms with Crippen molar-refractivity contribution in [3.8, 4) is 0 Å². The molecule has 5 nitrogen and oxygen atoms in total. The van der Waals surface area contributed by atoms with Gasteiger partial charge in [-0.25, -0.2) is 0 Å². The summed E-state index contributed by atoms with van der Waals surface area (Å²) >= 11 is 0. The molecule has 0 bridgehead atoms. The van der Waals surface area contributed by atoms with Crippen LogP contribution in [0.25, 0.3) is 0 Å². The molecule has 1 aromatic rings. The van der Waals surface area contributed by atoms with Gasteiger partial charge in [0.2, 0.25) is 0 Å². The predicted octanol–water partition coefficient (Wildman–Crippen LogP) is 0.944. The molecule has 1 aromatic heterocycles. The van der Waals surface area contributed by atoms with Crippen LogP contribution in [0.2, 0.25) is 0 Å². The van der Waals surface area contributed by atoms with Gasteiger partial charge in [-0.05, 0) is 32.3 Å². The van der Waals surface area contributed by atoms with E-state index in [1.807, 2.05) is 13.8 Å². The van der Waals surface area contributed by atoms with Crippen LogP contribution >= 0.6 is 0 Å². The van der Waals surface area contributed by atoms with Crippen molar-refractivity contribution in [3.05, 3.63) is 23.0 Å². The Balaban J connectivity index is 2.30. The highest BCUT2D eigenvalue weighted by Gasteiger charge is 2.30. The summed E-state index contributed by atoms with van der Waals surface area (Å²) in [5.41, 5.74) is 2.11. The van der Waals surface area contributed by atoms with E-state index in [2.05, 4.69) is 10.2 Å². The van der Waals surface area contributed by atoms with Crippen molar-refractivity contribution in [2.45, 2.75) is 39.2 Å². The topological polar surface area (TPSA) is 66.3 Å². The van der Waals surface area contributed by atoms with Crippen LogP contribution in [0.3, 0.4) is 0 Å². The molecule has 2 heterocycles. The molecule has 0 radical (unpaired) electrons. The van der Waals surface area contributed by atoms with Crippen molar-refractivity contribution in [2.24, 2.45) is 0 Å². The molecule has 1 N–H and O–H groups in total. The fourth-order valence-electron chi connectivity index (χ4n) is 2.41. The van der Waals surface area contributed by atoms with E-state index in [-0.39, 0.29) is 18.6 Å². The SMILES string of the molecule is CCc1nnc(C)cc1C(=O)N1CCC[C@H]1CO. The average molecular weight is 249 g/mol. The number of aliphatic hydroxyl groups excluding tert-OH is 1. The van der Waals surface area contributed by atoms with E-state index in [1.54, 1.807) is 11.0 Å². The Morgan fingerprint density at radius 3 is 3.00 bits per heavy atom. The van der Waals surface area contributed by atoms with Crippen molar-refractivity contribution in [3.63, 3.8) is 0 Å². The quantitative estimate of drug-likeness (QED) is 0.866. The van der Waals surface area contributed by atoms with Gasteiger partial charge in [-0.1, -0.05) is 6.92 Å². The van der Waals surface area contributed by atoms with Crippen molar-refractivity contribution in [1.82, 2.24) is 15.1 Å². The molecule has 1 amide bonds. The highest BCUT2D eigenvalue weighted by molar-refractivity contribution is 5.95. The molecule has 1 saturated heterocycles. The van der Waals surface area contributed by atoms with E-state index < -0.39 is 0 Å². The van der Waals surface area contributed by atoms with Crippen LogP contribution in [0.5, 0.6) is 0 Å². The first kappa shape index (κ1) is 13.0. The van der Waals surface area contributed by atoms with Gasteiger partial charge < -0.3 is 10.0 Å². The molecule has 0 aliphatic carbocycles. The third-order valence-corrected chi connectivity index (χ3v) is 3.41. The Morgan fingerprint density at radius 1 is 1.56 bits per heavy atom. The highest BCUT2D eigenvalue weighted by atomic mass is 16.3. The van der Waals surface area contributed by atoms with E-state index in [0.717, 1.165) is 24.2 Å². The average Bonchev–Trinajstić information content (AvgIpc) is 2.86. The Kier molecular flexibility index (Phi) is 3.91. The maximum atomic E-state index is 12.5. The number of hydrogen-bond acceptors (Lipinski definition) is 4. The third kappa shape index (κ3) is 2.36. The Labute approximate surface area is 107 Å². The number of nitrogens with zero attached hydrogens (tertiary/aromatic N) is 3. The van der Waals surface area contributed by atoms with Gasteiger partial charge in [0, 0.05) is 6.54 Å². The van der Waals surface area contributed by atoms with Crippen LogP contribution < -0.4 is 0 Å². The van der Waals surface area contributed by atoms with Crippen LogP contribution in [0.4, 0.5) is 0 Å². The zero-order valence-electron chi connectivity index (χ0n) is 10.9. The van der Waals surface area contributed by atoms with Gasteiger partial charge in [-0.15, -0.1) is 0 Å². The fraction of sp³-hybridized carbons (Fsp3) is 0.615. The van der Waals surface area contributed by atoms with Crippen molar-refractivity contribution in [2.75, 3.05) is 13.2 Å². The lowest BCUT2D eigenvalue weighted by molar-refractivity contribution is 0.0675. The minimum absolute atomic E-state index is 0.0265. The molecule has 5 heteroatoms. The Bertz CT molecular complexity index is 448. The van der Waals surface area contributed by atoms with Gasteiger partial charge in [0.1, 0.15) is 0 Å². The first-order chi connectivity index (χ1) is 8.67. The first-order valence-corrected chi connectivity index (χ1v) is 6.42. The van der Waals surface area contributed by atoms with Gasteiger partial charge in [0.25, 0.3) is 5.91 Å². The standard InChI is InChI=1S/C13H19N3O2/c1-3-12-11(7-9(2)14-15-12)13(18)16-6-4-5-10(16)8-17/h7,10,17H,3-6,8H2,1-2H3/t10-/m0/s1. The molecule has 2 rings (SSSR count). The molecule has 0 saturated carbocycles. The molecular formula is C13H19N3O2. The molecular weight excluding hydrogens is 230 g/mol. The molecule has 0 unspecified atom stereocenters. The fourth-order valence-corrected chi connectivity index (χ4v) is 2.41. The number of rotatable bonds is 3. The van der Waals surface area contributed by atoms with Crippen LogP contribution in [0.15, 0.2) is 6.07 Å². The molecule has 1 aliphatic heterocycles. The molecule has 0 aromatic carbocycles. The van der Waals surface area contributed by atoms with Crippen molar-refractivity contribution in [1.29, 1.82) is 0 Å². The number of amides is 1. The maximum Gasteiger partial charge on any atom is 0.256 e. The Hall–Kier alpha value is -1.49. The molecule has 18 heavy (non-hydrogen) atoms. The van der Waals surface area contributed by atoms with Gasteiger partial charge >= 0.3 is 0 Å². The van der Waals surface area contributed by atoms with E-state index in [9.17, 15) is 9.90 Å². The van der Waals surface area contributed by atoms with E-state index in [1.165, 1.54) is 0 Å². The second-order valence-electron chi connectivity index (χ2n) is 4.68. The second-order valence-corrected chi connectivity index (χ2v) is 4.68. The maximum absolute atomic E-state index is 12.5. The lowest BCUT2D eigenvalue weighted by Crippen LogP contribution is -2.38. The summed E-state index contributed by atoms with van der Waals surface area (Å²) in [4.78, 5) is 14.3. The largest absolute Gasteiger partial charge is 0.394 e. The molecule has 0 spiro atoms. The minimum atomic E-state index is -0.0457. The summed E-state index contributed by atoms with van der Waals surface area (Å²) in [6, 6.07) is 1.75. The van der Waals surface area contributed by atoms with Crippen LogP contribution in [0.1, 0.15) is 41.5 Å². The lowest BCUT2D eigenvalue weighted by Gasteiger charge is -2.23. The number of likely N-dealkylation sites (tertiary alicyclic amines) is 1. The highest BCUT2D eigenvalue weighted by Crippen LogP contribution is 2.21. The Morgan fingerprint density at radius 2 is 2.33 bits per heavy atom. The summed E-state index contributed by atoms with van der Waals surface area (Å²) in [6.07, 6.45) is 2.52. The zero-order chi connectivity index (χ0) is 13.1. The molecule has 1 fully saturated rings. The van der Waals surface area contributed by atoms with E-state index in [4.69, 9.17) is 0 Å². The normalized spacial score (nSPS) is 19.3. The van der Waals surface area contributed by atoms with Gasteiger partial charge in [0.15, 0.2) is 0 Å². The number of carbonyl (C=O) groups excluding carboxylic acids is 1. The molecule has 1 aliphatic rings. The smallest absolute Gasteiger partial charge is 0.256 e. The van der Waals surface area contributed by atoms with Crippen molar-refractivity contribution >= 4 is 5.91 Å². The van der Waals surface area contributed by atoms with Gasteiger partial charge in [0.05, 0.1) is 29.6 Å². The third-order valence-electron chi connectivity index (χ3n) is 3.41. The summed E-state index contributed by atoms with van der Waals surface area (Å²) < 4.78 is 0. The van der Waals surface area contributed by atoms with E-state index >= 15 is 0 Å². The van der Waals surface area contributed by atoms with Crippen LogP contribution in [-0.4, -0.2) is 45.3 Å². The van der Waals surface area contributed by atoms with E-state index in [0.29, 0.717) is 18.5 Å². The minimum Gasteiger partial charge on any atom is -0.394 e. The van der Waals surface area contributed by atoms with Crippen LogP contribution in [-0.2, 0) is 6.42 Å². The zero-order valence-corrected chi connectivity index (χ0v) is 10.9. The van der Waals surface area contributed by atoms with Crippen molar-refractivity contribution < 1.29 is 9.90 Å². The first-order valence-electron chi connectivity index (χ1n) is 6.42. The molecule has 1 atom stereocenters. The number of aryl methyl sites for hydroxylation is 2. The predicted molar refractivity (Wildman–Crippen MR) is 67.3 cm³/mol. The summed E-state index contributed by atoms with van der Waals surface area (Å²) in [5.74, 6) is -0.0265. The number of aromatic nitrogens is 2. The second kappa shape index (κ2) is 5.44. The van der Waals surface area contributed by atoms with Crippen LogP contribution in [0, 0.1) is 6.92 Å². The summed E-state index contributed by atoms with van der Waals surface area (Å²) in [5, 5.41) is 17.4.